The van der Waals surface area contributed by atoms with Gasteiger partial charge in [0.05, 0.1) is 6.67 Å². The van der Waals surface area contributed by atoms with E-state index in [0.717, 1.165) is 55.5 Å². The van der Waals surface area contributed by atoms with Crippen LogP contribution in [-0.2, 0) is 4.79 Å². The minimum atomic E-state index is -0.655. The Kier molecular flexibility index (Phi) is 4.70. The lowest BCUT2D eigenvalue weighted by Crippen LogP contribution is -2.49. The van der Waals surface area contributed by atoms with E-state index in [0.29, 0.717) is 12.7 Å². The molecule has 26 heavy (non-hydrogen) atoms. The Balaban J connectivity index is 1.55. The van der Waals surface area contributed by atoms with Gasteiger partial charge < -0.3 is 5.32 Å². The molecule has 4 rings (SSSR count). The van der Waals surface area contributed by atoms with E-state index in [9.17, 15) is 9.59 Å². The van der Waals surface area contributed by atoms with Gasteiger partial charge in [-0.05, 0) is 44.2 Å². The molecule has 3 fully saturated rings. The molecule has 2 saturated carbocycles. The fourth-order valence-electron chi connectivity index (χ4n) is 4.42. The summed E-state index contributed by atoms with van der Waals surface area (Å²) < 4.78 is 0. The Morgan fingerprint density at radius 1 is 1.23 bits per heavy atom. The quantitative estimate of drug-likeness (QED) is 0.789. The van der Waals surface area contributed by atoms with Crippen LogP contribution in [0.4, 0.5) is 4.79 Å². The van der Waals surface area contributed by atoms with Crippen LogP contribution in [0.1, 0.15) is 63.5 Å². The van der Waals surface area contributed by atoms with Crippen LogP contribution in [0.2, 0.25) is 5.02 Å². The highest BCUT2D eigenvalue weighted by Crippen LogP contribution is 2.38. The number of nitrogens with zero attached hydrogens (tertiary/aromatic N) is 2. The first kappa shape index (κ1) is 17.8. The molecule has 0 aromatic heterocycles. The number of halogens is 1. The maximum atomic E-state index is 13.1. The molecule has 0 unspecified atom stereocenters. The van der Waals surface area contributed by atoms with E-state index in [2.05, 4.69) is 17.1 Å². The van der Waals surface area contributed by atoms with Gasteiger partial charge in [0.1, 0.15) is 5.54 Å². The van der Waals surface area contributed by atoms with Crippen LogP contribution in [0.25, 0.3) is 0 Å². The summed E-state index contributed by atoms with van der Waals surface area (Å²) in [6.45, 7) is 2.44. The zero-order valence-corrected chi connectivity index (χ0v) is 16.0. The number of carbonyl (C=O) groups excluding carboxylic acids is 2. The Morgan fingerprint density at radius 3 is 2.58 bits per heavy atom. The summed E-state index contributed by atoms with van der Waals surface area (Å²) in [4.78, 5) is 29.4. The van der Waals surface area contributed by atoms with Gasteiger partial charge in [-0.25, -0.2) is 9.69 Å². The second kappa shape index (κ2) is 6.86. The predicted molar refractivity (Wildman–Crippen MR) is 101 cm³/mol. The smallest absolute Gasteiger partial charge is 0.323 e. The van der Waals surface area contributed by atoms with Crippen molar-refractivity contribution in [1.82, 2.24) is 15.1 Å². The van der Waals surface area contributed by atoms with Gasteiger partial charge >= 0.3 is 6.03 Å². The lowest BCUT2D eigenvalue weighted by atomic mass is 9.82. The number of rotatable bonds is 5. The van der Waals surface area contributed by atoms with Crippen molar-refractivity contribution >= 4 is 23.5 Å². The molecule has 5 nitrogen and oxygen atoms in total. The maximum absolute atomic E-state index is 13.1. The molecular formula is C20H26ClN3O2. The standard InChI is InChI=1S/C20H26ClN3O2/c1-14(16-7-3-4-8-17(16)21)23(15-9-10-15)13-24-18(25)20(22-19(24)26)11-5-2-6-12-20/h3-4,7-8,14-15H,2,5-6,9-13H2,1H3,(H,22,26)/t14-/m1/s1. The number of hydrogen-bond acceptors (Lipinski definition) is 3. The molecule has 2 aliphatic carbocycles. The van der Waals surface area contributed by atoms with Crippen LogP contribution >= 0.6 is 11.6 Å². The first-order chi connectivity index (χ1) is 12.5. The molecule has 6 heteroatoms. The van der Waals surface area contributed by atoms with Gasteiger partial charge in [-0.15, -0.1) is 0 Å². The molecule has 1 aromatic carbocycles. The maximum Gasteiger partial charge on any atom is 0.326 e. The summed E-state index contributed by atoms with van der Waals surface area (Å²) in [6, 6.07) is 8.04. The van der Waals surface area contributed by atoms with E-state index in [1.54, 1.807) is 0 Å². The lowest BCUT2D eigenvalue weighted by molar-refractivity contribution is -0.134. The summed E-state index contributed by atoms with van der Waals surface area (Å²) >= 11 is 6.39. The van der Waals surface area contributed by atoms with Crippen LogP contribution in [0.5, 0.6) is 0 Å². The summed E-state index contributed by atoms with van der Waals surface area (Å²) in [7, 11) is 0. The number of imide groups is 1. The fourth-order valence-corrected chi connectivity index (χ4v) is 4.71. The first-order valence-electron chi connectivity index (χ1n) is 9.66. The molecule has 3 aliphatic rings. The van der Waals surface area contributed by atoms with E-state index in [-0.39, 0.29) is 18.0 Å². The molecule has 1 heterocycles. The van der Waals surface area contributed by atoms with E-state index < -0.39 is 5.54 Å². The molecule has 1 atom stereocenters. The van der Waals surface area contributed by atoms with E-state index >= 15 is 0 Å². The first-order valence-corrected chi connectivity index (χ1v) is 10.0. The molecule has 1 aromatic rings. The van der Waals surface area contributed by atoms with Crippen LogP contribution in [0.3, 0.4) is 0 Å². The van der Waals surface area contributed by atoms with E-state index in [4.69, 9.17) is 11.6 Å². The molecule has 140 valence electrons. The van der Waals surface area contributed by atoms with Crippen LogP contribution in [0.15, 0.2) is 24.3 Å². The fraction of sp³-hybridized carbons (Fsp3) is 0.600. The Hall–Kier alpha value is -1.59. The summed E-state index contributed by atoms with van der Waals surface area (Å²) in [5, 5.41) is 3.74. The van der Waals surface area contributed by atoms with Crippen molar-refractivity contribution in [1.29, 1.82) is 0 Å². The topological polar surface area (TPSA) is 52.6 Å². The highest BCUT2D eigenvalue weighted by molar-refractivity contribution is 6.31. The summed E-state index contributed by atoms with van der Waals surface area (Å²) in [6.07, 6.45) is 6.87. The molecule has 1 spiro atoms. The third-order valence-electron chi connectivity index (χ3n) is 6.13. The van der Waals surface area contributed by atoms with Crippen molar-refractivity contribution in [3.05, 3.63) is 34.9 Å². The van der Waals surface area contributed by atoms with E-state index in [1.807, 2.05) is 24.3 Å². The van der Waals surface area contributed by atoms with Gasteiger partial charge in [0, 0.05) is 17.1 Å². The van der Waals surface area contributed by atoms with Gasteiger partial charge in [-0.3, -0.25) is 9.69 Å². The molecule has 1 N–H and O–H groups in total. The predicted octanol–water partition coefficient (Wildman–Crippen LogP) is 4.08. The Labute approximate surface area is 159 Å². The molecule has 1 saturated heterocycles. The molecule has 3 amide bonds. The average Bonchev–Trinajstić information content (AvgIpc) is 3.44. The second-order valence-corrected chi connectivity index (χ2v) is 8.30. The number of carbonyl (C=O) groups is 2. The van der Waals surface area contributed by atoms with Crippen molar-refractivity contribution in [3.8, 4) is 0 Å². The number of hydrogen-bond donors (Lipinski definition) is 1. The van der Waals surface area contributed by atoms with Crippen LogP contribution in [0, 0.1) is 0 Å². The van der Waals surface area contributed by atoms with Crippen LogP contribution in [-0.4, -0.2) is 40.0 Å². The lowest BCUT2D eigenvalue weighted by Gasteiger charge is -2.34. The SMILES string of the molecule is C[C@H](c1ccccc1Cl)N(CN1C(=O)NC2(CCCCC2)C1=O)C1CC1. The Bertz CT molecular complexity index is 713. The highest BCUT2D eigenvalue weighted by Gasteiger charge is 2.52. The summed E-state index contributed by atoms with van der Waals surface area (Å²) in [5.41, 5.74) is 0.388. The van der Waals surface area contributed by atoms with E-state index in [1.165, 1.54) is 4.90 Å². The molecule has 0 bridgehead atoms. The van der Waals surface area contributed by atoms with Crippen molar-refractivity contribution in [2.45, 2.75) is 69.5 Å². The number of benzene rings is 1. The van der Waals surface area contributed by atoms with Gasteiger partial charge in [-0.1, -0.05) is 49.1 Å². The molecular weight excluding hydrogens is 350 g/mol. The molecule has 0 radical (unpaired) electrons. The number of urea groups is 1. The third-order valence-corrected chi connectivity index (χ3v) is 6.47. The number of amides is 3. The Morgan fingerprint density at radius 2 is 1.92 bits per heavy atom. The van der Waals surface area contributed by atoms with Gasteiger partial charge in [0.2, 0.25) is 0 Å². The minimum absolute atomic E-state index is 0.0424. The van der Waals surface area contributed by atoms with Gasteiger partial charge in [0.15, 0.2) is 0 Å². The normalized spacial score (nSPS) is 23.6. The van der Waals surface area contributed by atoms with Crippen molar-refractivity contribution in [2.75, 3.05) is 6.67 Å². The minimum Gasteiger partial charge on any atom is -0.323 e. The van der Waals surface area contributed by atoms with Gasteiger partial charge in [0.25, 0.3) is 5.91 Å². The van der Waals surface area contributed by atoms with Gasteiger partial charge in [-0.2, -0.15) is 0 Å². The molecule has 1 aliphatic heterocycles. The largest absolute Gasteiger partial charge is 0.326 e. The highest BCUT2D eigenvalue weighted by atomic mass is 35.5. The number of nitrogens with one attached hydrogen (secondary N) is 1. The zero-order chi connectivity index (χ0) is 18.3. The summed E-state index contributed by atoms with van der Waals surface area (Å²) in [5.74, 6) is -0.0424. The second-order valence-electron chi connectivity index (χ2n) is 7.89. The van der Waals surface area contributed by atoms with Crippen molar-refractivity contribution in [2.24, 2.45) is 0 Å². The monoisotopic (exact) mass is 375 g/mol. The van der Waals surface area contributed by atoms with Crippen molar-refractivity contribution < 1.29 is 9.59 Å². The van der Waals surface area contributed by atoms with Crippen LogP contribution < -0.4 is 5.32 Å². The zero-order valence-electron chi connectivity index (χ0n) is 15.2. The van der Waals surface area contributed by atoms with Crippen molar-refractivity contribution in [3.63, 3.8) is 0 Å². The average molecular weight is 376 g/mol. The third kappa shape index (κ3) is 3.12.